The maximum absolute atomic E-state index is 5.79. The maximum Gasteiger partial charge on any atom is 0.198 e. The van der Waals surface area contributed by atoms with Gasteiger partial charge >= 0.3 is 0 Å². The Morgan fingerprint density at radius 2 is 2.19 bits per heavy atom. The molecule has 0 spiro atoms. The van der Waals surface area contributed by atoms with Crippen molar-refractivity contribution in [3.05, 3.63) is 42.0 Å². The summed E-state index contributed by atoms with van der Waals surface area (Å²) in [4.78, 5) is 4.60. The first-order valence-corrected chi connectivity index (χ1v) is 7.35. The minimum Gasteiger partial charge on any atom is -0.440 e. The first kappa shape index (κ1) is 12.4. The third kappa shape index (κ3) is 2.28. The van der Waals surface area contributed by atoms with Gasteiger partial charge in [0.2, 0.25) is 0 Å². The second kappa shape index (κ2) is 4.62. The summed E-state index contributed by atoms with van der Waals surface area (Å²) >= 11 is 0. The number of nitrogens with zero attached hydrogens (tertiary/aromatic N) is 3. The molecule has 1 N–H and O–H groups in total. The molecule has 0 amide bonds. The van der Waals surface area contributed by atoms with Gasteiger partial charge in [0, 0.05) is 24.8 Å². The Labute approximate surface area is 123 Å². The van der Waals surface area contributed by atoms with Crippen molar-refractivity contribution < 1.29 is 4.42 Å². The van der Waals surface area contributed by atoms with Crippen LogP contribution in [0.5, 0.6) is 0 Å². The van der Waals surface area contributed by atoms with Crippen LogP contribution >= 0.6 is 0 Å². The van der Waals surface area contributed by atoms with Crippen molar-refractivity contribution >= 4 is 16.8 Å². The number of aromatic nitrogens is 3. The van der Waals surface area contributed by atoms with Crippen LogP contribution < -0.4 is 5.32 Å². The number of oxazole rings is 1. The van der Waals surface area contributed by atoms with E-state index >= 15 is 0 Å². The minimum atomic E-state index is 0.185. The molecule has 0 aliphatic heterocycles. The lowest BCUT2D eigenvalue weighted by atomic mass is 10.2. The average Bonchev–Trinajstić information content (AvgIpc) is 3.09. The predicted molar refractivity (Wildman–Crippen MR) is 81.2 cm³/mol. The van der Waals surface area contributed by atoms with E-state index in [-0.39, 0.29) is 6.04 Å². The van der Waals surface area contributed by atoms with Crippen LogP contribution in [-0.2, 0) is 7.05 Å². The first-order valence-electron chi connectivity index (χ1n) is 7.35. The van der Waals surface area contributed by atoms with Crippen molar-refractivity contribution in [1.82, 2.24) is 14.8 Å². The molecule has 1 aliphatic rings. The molecule has 108 valence electrons. The fraction of sp³-hybridized carbons (Fsp3) is 0.375. The van der Waals surface area contributed by atoms with Crippen LogP contribution in [-0.4, -0.2) is 14.8 Å². The number of fused-ring (bicyclic) bond motifs is 1. The summed E-state index contributed by atoms with van der Waals surface area (Å²) in [6.07, 6.45) is 4.22. The van der Waals surface area contributed by atoms with Crippen LogP contribution in [0.2, 0.25) is 0 Å². The lowest BCUT2D eigenvalue weighted by Crippen LogP contribution is -2.11. The highest BCUT2D eigenvalue weighted by Gasteiger charge is 2.28. The third-order valence-electron chi connectivity index (χ3n) is 4.02. The number of anilines is 1. The average molecular weight is 282 g/mol. The van der Waals surface area contributed by atoms with Gasteiger partial charge in [-0.15, -0.1) is 0 Å². The first-order chi connectivity index (χ1) is 10.2. The van der Waals surface area contributed by atoms with Gasteiger partial charge in [-0.05, 0) is 44.0 Å². The summed E-state index contributed by atoms with van der Waals surface area (Å²) in [5, 5.41) is 7.70. The van der Waals surface area contributed by atoms with Crippen LogP contribution in [0.3, 0.4) is 0 Å². The number of nitrogens with one attached hydrogen (secondary N) is 1. The number of aryl methyl sites for hydroxylation is 1. The van der Waals surface area contributed by atoms with E-state index in [2.05, 4.69) is 28.4 Å². The summed E-state index contributed by atoms with van der Waals surface area (Å²) < 4.78 is 7.68. The van der Waals surface area contributed by atoms with E-state index in [1.165, 1.54) is 12.8 Å². The van der Waals surface area contributed by atoms with E-state index in [0.29, 0.717) is 5.92 Å². The molecule has 0 bridgehead atoms. The maximum atomic E-state index is 5.79. The zero-order valence-corrected chi connectivity index (χ0v) is 12.2. The van der Waals surface area contributed by atoms with Crippen LogP contribution in [0.4, 0.5) is 5.69 Å². The van der Waals surface area contributed by atoms with E-state index in [9.17, 15) is 0 Å². The summed E-state index contributed by atoms with van der Waals surface area (Å²) in [5.41, 5.74) is 4.00. The Hall–Kier alpha value is -2.30. The topological polar surface area (TPSA) is 55.9 Å². The summed E-state index contributed by atoms with van der Waals surface area (Å²) in [6.45, 7) is 2.12. The van der Waals surface area contributed by atoms with Gasteiger partial charge in [0.1, 0.15) is 5.52 Å². The molecular weight excluding hydrogens is 264 g/mol. The Balaban J connectivity index is 1.60. The van der Waals surface area contributed by atoms with Gasteiger partial charge in [-0.2, -0.15) is 5.10 Å². The van der Waals surface area contributed by atoms with E-state index in [1.807, 2.05) is 36.1 Å². The van der Waals surface area contributed by atoms with Crippen LogP contribution in [0, 0.1) is 0 Å². The zero-order valence-electron chi connectivity index (χ0n) is 12.2. The molecule has 1 aliphatic carbocycles. The zero-order chi connectivity index (χ0) is 14.4. The summed E-state index contributed by atoms with van der Waals surface area (Å²) in [5.74, 6) is 1.43. The quantitative estimate of drug-likeness (QED) is 0.794. The molecule has 0 saturated heterocycles. The second-order valence-electron chi connectivity index (χ2n) is 5.75. The highest BCUT2D eigenvalue weighted by molar-refractivity contribution is 5.77. The Morgan fingerprint density at radius 1 is 1.33 bits per heavy atom. The van der Waals surface area contributed by atoms with Crippen LogP contribution in [0.1, 0.15) is 43.3 Å². The molecule has 5 heteroatoms. The Kier molecular flexibility index (Phi) is 2.74. The van der Waals surface area contributed by atoms with Gasteiger partial charge < -0.3 is 9.73 Å². The molecule has 1 fully saturated rings. The van der Waals surface area contributed by atoms with Gasteiger partial charge in [0.25, 0.3) is 0 Å². The van der Waals surface area contributed by atoms with Gasteiger partial charge in [0.05, 0.1) is 11.7 Å². The van der Waals surface area contributed by atoms with E-state index in [4.69, 9.17) is 4.42 Å². The van der Waals surface area contributed by atoms with E-state index in [0.717, 1.165) is 28.4 Å². The molecule has 1 atom stereocenters. The standard InChI is InChI=1S/C16H18N4O/c1-10(14-7-8-17-20(14)2)18-12-5-6-15-13(9-12)19-16(21-15)11-3-4-11/h5-11,18H,3-4H2,1-2H3. The van der Waals surface area contributed by atoms with Crippen LogP contribution in [0.15, 0.2) is 34.9 Å². The number of benzene rings is 1. The molecule has 2 heterocycles. The lowest BCUT2D eigenvalue weighted by molar-refractivity contribution is 0.533. The summed E-state index contributed by atoms with van der Waals surface area (Å²) in [6, 6.07) is 8.29. The molecule has 3 aromatic rings. The number of hydrogen-bond acceptors (Lipinski definition) is 4. The molecule has 4 rings (SSSR count). The third-order valence-corrected chi connectivity index (χ3v) is 4.02. The van der Waals surface area contributed by atoms with E-state index < -0.39 is 0 Å². The fourth-order valence-corrected chi connectivity index (χ4v) is 2.67. The summed E-state index contributed by atoms with van der Waals surface area (Å²) in [7, 11) is 1.95. The molecule has 1 unspecified atom stereocenters. The highest BCUT2D eigenvalue weighted by atomic mass is 16.3. The molecule has 1 saturated carbocycles. The van der Waals surface area contributed by atoms with Crippen molar-refractivity contribution in [3.8, 4) is 0 Å². The van der Waals surface area contributed by atoms with Gasteiger partial charge in [-0.3, -0.25) is 4.68 Å². The molecule has 0 radical (unpaired) electrons. The largest absolute Gasteiger partial charge is 0.440 e. The monoisotopic (exact) mass is 282 g/mol. The fourth-order valence-electron chi connectivity index (χ4n) is 2.67. The van der Waals surface area contributed by atoms with E-state index in [1.54, 1.807) is 0 Å². The van der Waals surface area contributed by atoms with Gasteiger partial charge in [-0.25, -0.2) is 4.98 Å². The molecule has 1 aromatic carbocycles. The highest BCUT2D eigenvalue weighted by Crippen LogP contribution is 2.40. The normalized spacial score (nSPS) is 16.3. The Bertz CT molecular complexity index is 785. The Morgan fingerprint density at radius 3 is 2.90 bits per heavy atom. The predicted octanol–water partition coefficient (Wildman–Crippen LogP) is 3.61. The van der Waals surface area contributed by atoms with Crippen molar-refractivity contribution in [3.63, 3.8) is 0 Å². The van der Waals surface area contributed by atoms with Gasteiger partial charge in [-0.1, -0.05) is 0 Å². The molecular formula is C16H18N4O. The van der Waals surface area contributed by atoms with Crippen molar-refractivity contribution in [1.29, 1.82) is 0 Å². The van der Waals surface area contributed by atoms with Gasteiger partial charge in [0.15, 0.2) is 11.5 Å². The minimum absolute atomic E-state index is 0.185. The molecule has 21 heavy (non-hydrogen) atoms. The van der Waals surface area contributed by atoms with Crippen molar-refractivity contribution in [2.24, 2.45) is 7.05 Å². The number of rotatable bonds is 4. The van der Waals surface area contributed by atoms with Crippen LogP contribution in [0.25, 0.3) is 11.1 Å². The van der Waals surface area contributed by atoms with Crippen molar-refractivity contribution in [2.75, 3.05) is 5.32 Å². The SMILES string of the molecule is CC(Nc1ccc2oc(C3CC3)nc2c1)c1ccnn1C. The van der Waals surface area contributed by atoms with Crippen molar-refractivity contribution in [2.45, 2.75) is 31.7 Å². The number of hydrogen-bond donors (Lipinski definition) is 1. The molecule has 2 aromatic heterocycles. The smallest absolute Gasteiger partial charge is 0.198 e. The molecule has 5 nitrogen and oxygen atoms in total. The lowest BCUT2D eigenvalue weighted by Gasteiger charge is -2.15. The second-order valence-corrected chi connectivity index (χ2v) is 5.75.